The van der Waals surface area contributed by atoms with Crippen LogP contribution < -0.4 is 5.32 Å². The van der Waals surface area contributed by atoms with E-state index >= 15 is 0 Å². The Hall–Kier alpha value is -0.120. The molecule has 108 valence electrons. The molecule has 0 amide bonds. The van der Waals surface area contributed by atoms with Crippen LogP contribution in [0.3, 0.4) is 0 Å². The van der Waals surface area contributed by atoms with Gasteiger partial charge in [-0.3, -0.25) is 0 Å². The van der Waals surface area contributed by atoms with E-state index in [1.807, 2.05) is 0 Å². The quantitative estimate of drug-likeness (QED) is 0.644. The van der Waals surface area contributed by atoms with Gasteiger partial charge in [0.05, 0.1) is 6.61 Å². The van der Waals surface area contributed by atoms with E-state index in [4.69, 9.17) is 9.47 Å². The van der Waals surface area contributed by atoms with Gasteiger partial charge >= 0.3 is 0 Å². The minimum Gasteiger partial charge on any atom is -0.381 e. The van der Waals surface area contributed by atoms with Crippen molar-refractivity contribution in [3.8, 4) is 0 Å². The van der Waals surface area contributed by atoms with Crippen molar-refractivity contribution in [3.05, 3.63) is 0 Å². The maximum absolute atomic E-state index is 5.70. The SMILES string of the molecule is CCCOCCC1(CNCC(C)C)CCCOC1. The summed E-state index contributed by atoms with van der Waals surface area (Å²) in [6.45, 7) is 12.4. The fourth-order valence-corrected chi connectivity index (χ4v) is 2.50. The van der Waals surface area contributed by atoms with E-state index in [1.54, 1.807) is 0 Å². The topological polar surface area (TPSA) is 30.5 Å². The minimum atomic E-state index is 0.306. The van der Waals surface area contributed by atoms with Crippen LogP contribution >= 0.6 is 0 Å². The summed E-state index contributed by atoms with van der Waals surface area (Å²) in [6, 6.07) is 0. The van der Waals surface area contributed by atoms with Gasteiger partial charge in [-0.25, -0.2) is 0 Å². The first-order chi connectivity index (χ1) is 8.68. The van der Waals surface area contributed by atoms with Crippen LogP contribution in [0, 0.1) is 11.3 Å². The molecule has 1 rings (SSSR count). The van der Waals surface area contributed by atoms with Gasteiger partial charge in [0.15, 0.2) is 0 Å². The molecule has 0 radical (unpaired) electrons. The molecule has 0 spiro atoms. The van der Waals surface area contributed by atoms with Gasteiger partial charge < -0.3 is 14.8 Å². The molecule has 3 heteroatoms. The summed E-state index contributed by atoms with van der Waals surface area (Å²) in [5.74, 6) is 0.711. The van der Waals surface area contributed by atoms with Crippen LogP contribution in [0.5, 0.6) is 0 Å². The molecule has 0 bridgehead atoms. The van der Waals surface area contributed by atoms with Crippen LogP contribution in [-0.2, 0) is 9.47 Å². The normalized spacial score (nSPS) is 24.7. The second-order valence-corrected chi connectivity index (χ2v) is 6.04. The van der Waals surface area contributed by atoms with Gasteiger partial charge in [-0.15, -0.1) is 0 Å². The zero-order valence-electron chi connectivity index (χ0n) is 12.5. The van der Waals surface area contributed by atoms with Gasteiger partial charge in [-0.1, -0.05) is 20.8 Å². The van der Waals surface area contributed by atoms with Crippen LogP contribution in [0.4, 0.5) is 0 Å². The molecule has 1 N–H and O–H groups in total. The summed E-state index contributed by atoms with van der Waals surface area (Å²) in [5, 5.41) is 3.60. The average molecular weight is 257 g/mol. The summed E-state index contributed by atoms with van der Waals surface area (Å²) < 4.78 is 11.4. The fraction of sp³-hybridized carbons (Fsp3) is 1.00. The van der Waals surface area contributed by atoms with Crippen molar-refractivity contribution >= 4 is 0 Å². The predicted octanol–water partition coefficient (Wildman–Crippen LogP) is 2.85. The third kappa shape index (κ3) is 6.17. The Kier molecular flexibility index (Phi) is 7.87. The molecule has 1 aliphatic rings. The second kappa shape index (κ2) is 8.89. The summed E-state index contributed by atoms with van der Waals surface area (Å²) in [7, 11) is 0. The highest BCUT2D eigenvalue weighted by atomic mass is 16.5. The highest BCUT2D eigenvalue weighted by Crippen LogP contribution is 2.31. The fourth-order valence-electron chi connectivity index (χ4n) is 2.50. The average Bonchev–Trinajstić information content (AvgIpc) is 2.36. The molecule has 1 saturated heterocycles. The molecule has 1 heterocycles. The highest BCUT2D eigenvalue weighted by Gasteiger charge is 2.32. The maximum Gasteiger partial charge on any atom is 0.0535 e. The Morgan fingerprint density at radius 1 is 1.33 bits per heavy atom. The van der Waals surface area contributed by atoms with Crippen molar-refractivity contribution in [2.24, 2.45) is 11.3 Å². The van der Waals surface area contributed by atoms with E-state index in [2.05, 4.69) is 26.1 Å². The largest absolute Gasteiger partial charge is 0.381 e. The van der Waals surface area contributed by atoms with Crippen LogP contribution in [0.1, 0.15) is 46.5 Å². The molecule has 1 unspecified atom stereocenters. The van der Waals surface area contributed by atoms with Gasteiger partial charge in [0.1, 0.15) is 0 Å². The molecular formula is C15H31NO2. The highest BCUT2D eigenvalue weighted by molar-refractivity contribution is 4.84. The molecule has 1 fully saturated rings. The standard InChI is InChI=1S/C15H31NO2/c1-4-8-17-10-7-15(6-5-9-18-13-15)12-16-11-14(2)3/h14,16H,4-13H2,1-3H3. The third-order valence-electron chi connectivity index (χ3n) is 3.58. The van der Waals surface area contributed by atoms with Crippen molar-refractivity contribution in [1.82, 2.24) is 5.32 Å². The molecule has 3 nitrogen and oxygen atoms in total. The molecule has 0 aliphatic carbocycles. The smallest absolute Gasteiger partial charge is 0.0535 e. The van der Waals surface area contributed by atoms with E-state index < -0.39 is 0 Å². The second-order valence-electron chi connectivity index (χ2n) is 6.04. The summed E-state index contributed by atoms with van der Waals surface area (Å²) >= 11 is 0. The predicted molar refractivity (Wildman–Crippen MR) is 75.9 cm³/mol. The summed E-state index contributed by atoms with van der Waals surface area (Å²) in [5.41, 5.74) is 0.306. The van der Waals surface area contributed by atoms with Gasteiger partial charge in [0, 0.05) is 31.8 Å². The Bertz CT molecular complexity index is 201. The number of rotatable bonds is 9. The molecule has 0 aromatic heterocycles. The zero-order chi connectivity index (χ0) is 13.3. The van der Waals surface area contributed by atoms with Gasteiger partial charge in [-0.2, -0.15) is 0 Å². The number of hydrogen-bond donors (Lipinski definition) is 1. The van der Waals surface area contributed by atoms with Gasteiger partial charge in [-0.05, 0) is 38.1 Å². The van der Waals surface area contributed by atoms with E-state index in [9.17, 15) is 0 Å². The van der Waals surface area contributed by atoms with Crippen LogP contribution in [0.25, 0.3) is 0 Å². The maximum atomic E-state index is 5.70. The van der Waals surface area contributed by atoms with Gasteiger partial charge in [0.25, 0.3) is 0 Å². The van der Waals surface area contributed by atoms with Crippen molar-refractivity contribution in [3.63, 3.8) is 0 Å². The van der Waals surface area contributed by atoms with E-state index in [1.165, 1.54) is 12.8 Å². The van der Waals surface area contributed by atoms with Crippen LogP contribution in [0.2, 0.25) is 0 Å². The lowest BCUT2D eigenvalue weighted by atomic mass is 9.79. The Morgan fingerprint density at radius 2 is 2.17 bits per heavy atom. The summed E-state index contributed by atoms with van der Waals surface area (Å²) in [4.78, 5) is 0. The monoisotopic (exact) mass is 257 g/mol. The Morgan fingerprint density at radius 3 is 2.78 bits per heavy atom. The molecular weight excluding hydrogens is 226 g/mol. The Labute approximate surface area is 113 Å². The molecule has 0 saturated carbocycles. The zero-order valence-corrected chi connectivity index (χ0v) is 12.5. The third-order valence-corrected chi connectivity index (χ3v) is 3.58. The lowest BCUT2D eigenvalue weighted by Crippen LogP contribution is -2.42. The lowest BCUT2D eigenvalue weighted by molar-refractivity contribution is -0.0273. The van der Waals surface area contributed by atoms with Crippen LogP contribution in [0.15, 0.2) is 0 Å². The van der Waals surface area contributed by atoms with Crippen molar-refractivity contribution in [2.45, 2.75) is 46.5 Å². The first kappa shape index (κ1) is 15.9. The Balaban J connectivity index is 2.32. The number of ether oxygens (including phenoxy) is 2. The molecule has 0 aromatic carbocycles. The van der Waals surface area contributed by atoms with Gasteiger partial charge in [0.2, 0.25) is 0 Å². The van der Waals surface area contributed by atoms with Crippen molar-refractivity contribution in [2.75, 3.05) is 39.5 Å². The minimum absolute atomic E-state index is 0.306. The first-order valence-corrected chi connectivity index (χ1v) is 7.55. The molecule has 0 aromatic rings. The van der Waals surface area contributed by atoms with Crippen molar-refractivity contribution in [1.29, 1.82) is 0 Å². The lowest BCUT2D eigenvalue weighted by Gasteiger charge is -2.37. The van der Waals surface area contributed by atoms with E-state index in [0.717, 1.165) is 52.4 Å². The first-order valence-electron chi connectivity index (χ1n) is 7.55. The summed E-state index contributed by atoms with van der Waals surface area (Å²) in [6.07, 6.45) is 4.69. The van der Waals surface area contributed by atoms with E-state index in [0.29, 0.717) is 11.3 Å². The molecule has 1 atom stereocenters. The van der Waals surface area contributed by atoms with Crippen LogP contribution in [-0.4, -0.2) is 39.5 Å². The number of nitrogens with one attached hydrogen (secondary N) is 1. The van der Waals surface area contributed by atoms with Crippen molar-refractivity contribution < 1.29 is 9.47 Å². The molecule has 1 aliphatic heterocycles. The van der Waals surface area contributed by atoms with E-state index in [-0.39, 0.29) is 0 Å². The molecule has 18 heavy (non-hydrogen) atoms. The number of hydrogen-bond acceptors (Lipinski definition) is 3.